The number of hydrogen-bond acceptors (Lipinski definition) is 2. The molecule has 12 aromatic rings. The van der Waals surface area contributed by atoms with Crippen molar-refractivity contribution in [3.63, 3.8) is 0 Å². The Labute approximate surface area is 414 Å². The molecule has 2 aliphatic rings. The molecular formula is C68H52N2O. The summed E-state index contributed by atoms with van der Waals surface area (Å²) in [6.07, 6.45) is 0. The van der Waals surface area contributed by atoms with Crippen LogP contribution in [0.15, 0.2) is 211 Å². The molecule has 0 saturated heterocycles. The predicted octanol–water partition coefficient (Wildman–Crippen LogP) is 18.7. The molecule has 0 spiro atoms. The van der Waals surface area contributed by atoms with Crippen LogP contribution in [-0.2, 0) is 10.8 Å². The minimum absolute atomic E-state index is 0.126. The molecule has 0 fully saturated rings. The molecule has 0 radical (unpaired) electrons. The summed E-state index contributed by atoms with van der Waals surface area (Å²) in [6.45, 7) is 13.9. The van der Waals surface area contributed by atoms with E-state index < -0.39 is 0 Å². The minimum atomic E-state index is -0.160. The fourth-order valence-corrected chi connectivity index (χ4v) is 12.6. The molecule has 0 bridgehead atoms. The average molecular weight is 913 g/mol. The van der Waals surface area contributed by atoms with Crippen LogP contribution in [0.4, 0.5) is 17.1 Å². The first-order chi connectivity index (χ1) is 34.5. The number of aryl methyl sites for hydroxylation is 2. The molecule has 0 atom stereocenters. The van der Waals surface area contributed by atoms with Gasteiger partial charge in [-0.1, -0.05) is 160 Å². The van der Waals surface area contributed by atoms with Gasteiger partial charge in [0, 0.05) is 55.1 Å². The van der Waals surface area contributed by atoms with Crippen LogP contribution < -0.4 is 4.90 Å². The molecule has 3 nitrogen and oxygen atoms in total. The maximum atomic E-state index is 6.31. The predicted molar refractivity (Wildman–Crippen MR) is 298 cm³/mol. The van der Waals surface area contributed by atoms with Crippen LogP contribution in [0.5, 0.6) is 0 Å². The first-order valence-electron chi connectivity index (χ1n) is 25.0. The number of rotatable bonds is 6. The maximum absolute atomic E-state index is 6.31. The molecule has 71 heavy (non-hydrogen) atoms. The zero-order valence-corrected chi connectivity index (χ0v) is 40.9. The highest BCUT2D eigenvalue weighted by Gasteiger charge is 2.37. The van der Waals surface area contributed by atoms with E-state index in [4.69, 9.17) is 4.42 Å². The standard InChI is InChI=1S/C68H52N2O/c1-41-33-42(2)35-46(34-41)45-21-28-52-54-30-26-50(40-62(54)68(5,6)60(52)37-45)70-63-17-11-8-14-55(63)57-36-44(22-31-64(57)70)43-19-23-47(24-20-43)69(48-27-32-66-58(38-48)56-15-9-12-18-65(56)71-66)49-25-29-53-51-13-7-10-16-59(51)67(3,4)61(53)39-49/h7-40H,1-6H3. The van der Waals surface area contributed by atoms with Crippen molar-refractivity contribution in [1.29, 1.82) is 0 Å². The highest BCUT2D eigenvalue weighted by Crippen LogP contribution is 2.53. The monoisotopic (exact) mass is 912 g/mol. The smallest absolute Gasteiger partial charge is 0.135 e. The van der Waals surface area contributed by atoms with Crippen molar-refractivity contribution in [1.82, 2.24) is 4.57 Å². The third kappa shape index (κ3) is 6.22. The first kappa shape index (κ1) is 41.6. The van der Waals surface area contributed by atoms with Crippen molar-refractivity contribution in [2.24, 2.45) is 0 Å². The van der Waals surface area contributed by atoms with Gasteiger partial charge in [0.05, 0.1) is 11.0 Å². The Bertz CT molecular complexity index is 4180. The number of nitrogens with zero attached hydrogens (tertiary/aromatic N) is 2. The number of furan rings is 1. The SMILES string of the molecule is Cc1cc(C)cc(-c2ccc3c(c2)C(C)(C)c2cc(-n4c5ccccc5c5cc(-c6ccc(N(c7ccc8c(c7)C(C)(C)c7ccccc7-8)c7ccc8oc9ccccc9c8c7)cc6)ccc54)ccc2-3)c1. The molecule has 14 rings (SSSR count). The van der Waals surface area contributed by atoms with Crippen LogP contribution >= 0.6 is 0 Å². The summed E-state index contributed by atoms with van der Waals surface area (Å²) in [7, 11) is 0. The van der Waals surface area contributed by atoms with Crippen LogP contribution in [-0.4, -0.2) is 4.57 Å². The third-order valence-corrected chi connectivity index (χ3v) is 16.0. The van der Waals surface area contributed by atoms with Crippen LogP contribution in [0.25, 0.3) is 93.9 Å². The molecule has 0 amide bonds. The normalized spacial score (nSPS) is 14.0. The summed E-state index contributed by atoms with van der Waals surface area (Å²) in [5.74, 6) is 0. The fraction of sp³-hybridized carbons (Fsp3) is 0.118. The number of aromatic nitrogens is 1. The zero-order chi connectivity index (χ0) is 47.9. The Morgan fingerprint density at radius 1 is 0.352 bits per heavy atom. The molecular weight excluding hydrogens is 861 g/mol. The summed E-state index contributed by atoms with van der Waals surface area (Å²) < 4.78 is 8.77. The maximum Gasteiger partial charge on any atom is 0.135 e. The van der Waals surface area contributed by atoms with Crippen LogP contribution in [0.2, 0.25) is 0 Å². The van der Waals surface area contributed by atoms with E-state index in [2.05, 4.69) is 251 Å². The van der Waals surface area contributed by atoms with Gasteiger partial charge in [0.1, 0.15) is 11.2 Å². The van der Waals surface area contributed by atoms with Crippen molar-refractivity contribution in [3.05, 3.63) is 240 Å². The summed E-state index contributed by atoms with van der Waals surface area (Å²) >= 11 is 0. The van der Waals surface area contributed by atoms with Gasteiger partial charge in [-0.25, -0.2) is 0 Å². The Kier molecular flexibility index (Phi) is 8.81. The Morgan fingerprint density at radius 3 is 1.72 bits per heavy atom. The summed E-state index contributed by atoms with van der Waals surface area (Å²) in [5, 5.41) is 4.72. The second kappa shape index (κ2) is 15.1. The number of benzene rings is 10. The average Bonchev–Trinajstić information content (AvgIpc) is 4.06. The van der Waals surface area contributed by atoms with Gasteiger partial charge in [-0.2, -0.15) is 0 Å². The zero-order valence-electron chi connectivity index (χ0n) is 40.9. The number of hydrogen-bond donors (Lipinski definition) is 0. The van der Waals surface area contributed by atoms with Crippen LogP contribution in [0.1, 0.15) is 61.1 Å². The lowest BCUT2D eigenvalue weighted by atomic mass is 9.81. The fourth-order valence-electron chi connectivity index (χ4n) is 12.6. The molecule has 340 valence electrons. The molecule has 10 aromatic carbocycles. The summed E-state index contributed by atoms with van der Waals surface area (Å²) in [6, 6.07) is 76.9. The number of anilines is 3. The van der Waals surface area contributed by atoms with E-state index in [1.807, 2.05) is 6.07 Å². The van der Waals surface area contributed by atoms with E-state index in [1.54, 1.807) is 0 Å². The van der Waals surface area contributed by atoms with Gasteiger partial charge in [0.25, 0.3) is 0 Å². The summed E-state index contributed by atoms with van der Waals surface area (Å²) in [4.78, 5) is 2.40. The van der Waals surface area contributed by atoms with Crippen molar-refractivity contribution in [2.75, 3.05) is 4.90 Å². The van der Waals surface area contributed by atoms with Crippen LogP contribution in [0, 0.1) is 13.8 Å². The van der Waals surface area contributed by atoms with Gasteiger partial charge in [0.15, 0.2) is 0 Å². The van der Waals surface area contributed by atoms with E-state index in [9.17, 15) is 0 Å². The summed E-state index contributed by atoms with van der Waals surface area (Å²) in [5.41, 5.74) is 26.7. The van der Waals surface area contributed by atoms with Crippen molar-refractivity contribution >= 4 is 60.8 Å². The largest absolute Gasteiger partial charge is 0.456 e. The Morgan fingerprint density at radius 2 is 0.901 bits per heavy atom. The third-order valence-electron chi connectivity index (χ3n) is 16.0. The molecule has 0 unspecified atom stereocenters. The lowest BCUT2D eigenvalue weighted by molar-refractivity contribution is 0.660. The molecule has 0 saturated carbocycles. The van der Waals surface area contributed by atoms with Gasteiger partial charge in [-0.3, -0.25) is 0 Å². The second-order valence-corrected chi connectivity index (χ2v) is 21.1. The second-order valence-electron chi connectivity index (χ2n) is 21.1. The van der Waals surface area contributed by atoms with Crippen molar-refractivity contribution < 1.29 is 4.42 Å². The minimum Gasteiger partial charge on any atom is -0.456 e. The molecule has 0 aliphatic heterocycles. The van der Waals surface area contributed by atoms with Gasteiger partial charge < -0.3 is 13.9 Å². The van der Waals surface area contributed by atoms with Gasteiger partial charge in [-0.05, 0) is 166 Å². The molecule has 3 heteroatoms. The molecule has 2 heterocycles. The van der Waals surface area contributed by atoms with Crippen molar-refractivity contribution in [3.8, 4) is 50.2 Å². The molecule has 0 N–H and O–H groups in total. The lowest BCUT2D eigenvalue weighted by Crippen LogP contribution is -2.16. The highest BCUT2D eigenvalue weighted by atomic mass is 16.3. The Balaban J connectivity index is 0.847. The quantitative estimate of drug-likeness (QED) is 0.166. The number of fused-ring (bicyclic) bond motifs is 12. The van der Waals surface area contributed by atoms with Crippen LogP contribution in [0.3, 0.4) is 0 Å². The van der Waals surface area contributed by atoms with E-state index in [0.717, 1.165) is 39.0 Å². The Hall–Kier alpha value is -8.40. The lowest BCUT2D eigenvalue weighted by Gasteiger charge is -2.28. The topological polar surface area (TPSA) is 21.3 Å². The van der Waals surface area contributed by atoms with Crippen molar-refractivity contribution in [2.45, 2.75) is 52.4 Å². The first-order valence-corrected chi connectivity index (χ1v) is 25.0. The molecule has 2 aliphatic carbocycles. The van der Waals surface area contributed by atoms with E-state index >= 15 is 0 Å². The van der Waals surface area contributed by atoms with E-state index in [0.29, 0.717) is 0 Å². The number of para-hydroxylation sites is 2. The van der Waals surface area contributed by atoms with E-state index in [1.165, 1.54) is 105 Å². The van der Waals surface area contributed by atoms with Gasteiger partial charge in [0.2, 0.25) is 0 Å². The van der Waals surface area contributed by atoms with Gasteiger partial charge >= 0.3 is 0 Å². The van der Waals surface area contributed by atoms with Gasteiger partial charge in [-0.15, -0.1) is 0 Å². The molecule has 2 aromatic heterocycles. The highest BCUT2D eigenvalue weighted by molar-refractivity contribution is 6.11. The van der Waals surface area contributed by atoms with E-state index in [-0.39, 0.29) is 10.8 Å².